The van der Waals surface area contributed by atoms with Gasteiger partial charge in [-0.2, -0.15) is 0 Å². The monoisotopic (exact) mass is 451 g/mol. The van der Waals surface area contributed by atoms with Crippen molar-refractivity contribution in [2.45, 2.75) is 18.4 Å². The van der Waals surface area contributed by atoms with Crippen molar-refractivity contribution in [3.63, 3.8) is 0 Å². The molecule has 152 valence electrons. The van der Waals surface area contributed by atoms with Crippen LogP contribution in [0.15, 0.2) is 53.4 Å². The summed E-state index contributed by atoms with van der Waals surface area (Å²) in [6.07, 6.45) is 0. The zero-order valence-electron chi connectivity index (χ0n) is 15.6. The van der Waals surface area contributed by atoms with Crippen LogP contribution in [0, 0.1) is 6.92 Å². The average molecular weight is 452 g/mol. The number of nitrogens with one attached hydrogen (secondary N) is 2. The average Bonchev–Trinajstić information content (AvgIpc) is 3.06. The maximum atomic E-state index is 12.5. The van der Waals surface area contributed by atoms with Crippen LogP contribution in [-0.2, 0) is 16.6 Å². The SMILES string of the molecule is COc1ccc(CNC(=O)c2sc(NS(=O)(=O)c3ccc(Cl)cc3)nc2C)cc1. The Hall–Kier alpha value is -2.62. The molecule has 1 heterocycles. The highest BCUT2D eigenvalue weighted by Crippen LogP contribution is 2.25. The molecule has 3 aromatic rings. The topological polar surface area (TPSA) is 97.4 Å². The van der Waals surface area contributed by atoms with E-state index in [9.17, 15) is 13.2 Å². The Labute approximate surface area is 177 Å². The Balaban J connectivity index is 1.68. The van der Waals surface area contributed by atoms with E-state index in [2.05, 4.69) is 15.0 Å². The summed E-state index contributed by atoms with van der Waals surface area (Å²) in [6, 6.07) is 13.1. The summed E-state index contributed by atoms with van der Waals surface area (Å²) in [6.45, 7) is 1.98. The summed E-state index contributed by atoms with van der Waals surface area (Å²) < 4.78 is 32.4. The molecule has 7 nitrogen and oxygen atoms in total. The second kappa shape index (κ2) is 8.81. The van der Waals surface area contributed by atoms with Gasteiger partial charge in [-0.15, -0.1) is 0 Å². The lowest BCUT2D eigenvalue weighted by Gasteiger charge is -2.06. The van der Waals surface area contributed by atoms with Crippen molar-refractivity contribution in [3.05, 3.63) is 69.7 Å². The molecule has 0 atom stereocenters. The van der Waals surface area contributed by atoms with Crippen LogP contribution in [-0.4, -0.2) is 26.4 Å². The minimum atomic E-state index is -3.83. The van der Waals surface area contributed by atoms with Crippen molar-refractivity contribution < 1.29 is 17.9 Å². The van der Waals surface area contributed by atoms with Gasteiger partial charge < -0.3 is 10.1 Å². The van der Waals surface area contributed by atoms with Gasteiger partial charge in [-0.1, -0.05) is 35.1 Å². The molecule has 1 amide bonds. The first-order valence-corrected chi connectivity index (χ1v) is 11.1. The van der Waals surface area contributed by atoms with Crippen LogP contribution in [0.2, 0.25) is 5.02 Å². The van der Waals surface area contributed by atoms with E-state index in [1.54, 1.807) is 14.0 Å². The number of hydrogen-bond donors (Lipinski definition) is 2. The molecule has 1 aromatic heterocycles. The van der Waals surface area contributed by atoms with Crippen molar-refractivity contribution >= 4 is 44.0 Å². The van der Waals surface area contributed by atoms with Gasteiger partial charge in [0.15, 0.2) is 5.13 Å². The third kappa shape index (κ3) is 5.26. The van der Waals surface area contributed by atoms with Gasteiger partial charge in [0.2, 0.25) is 0 Å². The number of halogens is 1. The number of thiazole rings is 1. The number of hydrogen-bond acceptors (Lipinski definition) is 6. The second-order valence-corrected chi connectivity index (χ2v) is 9.14. The highest BCUT2D eigenvalue weighted by Gasteiger charge is 2.20. The predicted molar refractivity (Wildman–Crippen MR) is 113 cm³/mol. The van der Waals surface area contributed by atoms with Crippen molar-refractivity contribution in [2.24, 2.45) is 0 Å². The van der Waals surface area contributed by atoms with Crippen LogP contribution in [0.25, 0.3) is 0 Å². The lowest BCUT2D eigenvalue weighted by atomic mass is 10.2. The number of methoxy groups -OCH3 is 1. The maximum Gasteiger partial charge on any atom is 0.263 e. The van der Waals surface area contributed by atoms with Gasteiger partial charge in [-0.25, -0.2) is 13.4 Å². The summed E-state index contributed by atoms with van der Waals surface area (Å²) in [5, 5.41) is 3.36. The van der Waals surface area contributed by atoms with Gasteiger partial charge in [-0.05, 0) is 48.9 Å². The Morgan fingerprint density at radius 3 is 2.41 bits per heavy atom. The number of carbonyl (C=O) groups excluding carboxylic acids is 1. The van der Waals surface area contributed by atoms with Gasteiger partial charge in [0.1, 0.15) is 10.6 Å². The molecule has 0 spiro atoms. The maximum absolute atomic E-state index is 12.5. The molecule has 2 N–H and O–H groups in total. The third-order valence-electron chi connectivity index (χ3n) is 3.96. The molecule has 0 saturated heterocycles. The zero-order valence-corrected chi connectivity index (χ0v) is 18.0. The molecule has 0 unspecified atom stereocenters. The van der Waals surface area contributed by atoms with E-state index in [1.807, 2.05) is 24.3 Å². The number of aryl methyl sites for hydroxylation is 1. The summed E-state index contributed by atoms with van der Waals surface area (Å²) in [5.74, 6) is 0.406. The van der Waals surface area contributed by atoms with Crippen molar-refractivity contribution in [2.75, 3.05) is 11.8 Å². The van der Waals surface area contributed by atoms with Crippen LogP contribution in [0.5, 0.6) is 5.75 Å². The predicted octanol–water partition coefficient (Wildman–Crippen LogP) is 3.84. The number of ether oxygens (including phenoxy) is 1. The molecular formula is C19H18ClN3O4S2. The number of anilines is 1. The number of nitrogens with zero attached hydrogens (tertiary/aromatic N) is 1. The number of amides is 1. The van der Waals surface area contributed by atoms with Gasteiger partial charge in [0.05, 0.1) is 17.7 Å². The minimum absolute atomic E-state index is 0.0558. The molecule has 0 aliphatic carbocycles. The van der Waals surface area contributed by atoms with E-state index >= 15 is 0 Å². The largest absolute Gasteiger partial charge is 0.497 e. The van der Waals surface area contributed by atoms with Gasteiger partial charge in [-0.3, -0.25) is 9.52 Å². The van der Waals surface area contributed by atoms with Crippen LogP contribution >= 0.6 is 22.9 Å². The Kier molecular flexibility index (Phi) is 6.41. The summed E-state index contributed by atoms with van der Waals surface area (Å²) in [5.41, 5.74) is 1.35. The molecule has 10 heteroatoms. The van der Waals surface area contributed by atoms with E-state index in [0.29, 0.717) is 22.1 Å². The first-order chi connectivity index (χ1) is 13.8. The number of sulfonamides is 1. The number of aromatic nitrogens is 1. The second-order valence-electron chi connectivity index (χ2n) is 6.02. The van der Waals surface area contributed by atoms with Gasteiger partial charge in [0, 0.05) is 11.6 Å². The van der Waals surface area contributed by atoms with Crippen LogP contribution in [0.3, 0.4) is 0 Å². The third-order valence-corrected chi connectivity index (χ3v) is 6.77. The van der Waals surface area contributed by atoms with Crippen molar-refractivity contribution in [1.82, 2.24) is 10.3 Å². The molecule has 0 aliphatic rings. The van der Waals surface area contributed by atoms with Crippen molar-refractivity contribution in [3.8, 4) is 5.75 Å². The number of carbonyl (C=O) groups is 1. The fourth-order valence-electron chi connectivity index (χ4n) is 2.44. The van der Waals surface area contributed by atoms with E-state index in [0.717, 1.165) is 22.6 Å². The highest BCUT2D eigenvalue weighted by molar-refractivity contribution is 7.93. The molecule has 0 fully saturated rings. The highest BCUT2D eigenvalue weighted by atomic mass is 35.5. The lowest BCUT2D eigenvalue weighted by Crippen LogP contribution is -2.22. The molecular weight excluding hydrogens is 434 g/mol. The molecule has 2 aromatic carbocycles. The molecule has 3 rings (SSSR count). The summed E-state index contributed by atoms with van der Waals surface area (Å²) in [4.78, 5) is 17.0. The quantitative estimate of drug-likeness (QED) is 0.568. The van der Waals surface area contributed by atoms with Crippen LogP contribution in [0.1, 0.15) is 20.9 Å². The van der Waals surface area contributed by atoms with E-state index in [4.69, 9.17) is 16.3 Å². The fourth-order valence-corrected chi connectivity index (χ4v) is 4.69. The number of benzene rings is 2. The first kappa shape index (κ1) is 21.1. The smallest absolute Gasteiger partial charge is 0.263 e. The minimum Gasteiger partial charge on any atom is -0.497 e. The Bertz CT molecular complexity index is 1110. The molecule has 0 bridgehead atoms. The molecule has 29 heavy (non-hydrogen) atoms. The Morgan fingerprint density at radius 2 is 1.79 bits per heavy atom. The zero-order chi connectivity index (χ0) is 21.0. The lowest BCUT2D eigenvalue weighted by molar-refractivity contribution is 0.0954. The summed E-state index contributed by atoms with van der Waals surface area (Å²) >= 11 is 6.77. The number of rotatable bonds is 7. The standard InChI is InChI=1S/C19H18ClN3O4S2/c1-12-17(18(24)21-11-13-3-7-15(27-2)8-4-13)28-19(22-12)23-29(25,26)16-9-5-14(20)6-10-16/h3-10H,11H2,1-2H3,(H,21,24)(H,22,23). The van der Waals surface area contributed by atoms with Crippen molar-refractivity contribution in [1.29, 1.82) is 0 Å². The van der Waals surface area contributed by atoms with Crippen LogP contribution < -0.4 is 14.8 Å². The Morgan fingerprint density at radius 1 is 1.14 bits per heavy atom. The molecule has 0 radical (unpaired) electrons. The van der Waals surface area contributed by atoms with E-state index in [-0.39, 0.29) is 15.9 Å². The van der Waals surface area contributed by atoms with Gasteiger partial charge >= 0.3 is 0 Å². The normalized spacial score (nSPS) is 11.1. The van der Waals surface area contributed by atoms with E-state index in [1.165, 1.54) is 24.3 Å². The first-order valence-electron chi connectivity index (χ1n) is 8.45. The van der Waals surface area contributed by atoms with E-state index < -0.39 is 10.0 Å². The van der Waals surface area contributed by atoms with Gasteiger partial charge in [0.25, 0.3) is 15.9 Å². The molecule has 0 aliphatic heterocycles. The van der Waals surface area contributed by atoms with Crippen LogP contribution in [0.4, 0.5) is 5.13 Å². The molecule has 0 saturated carbocycles. The fraction of sp³-hybridized carbons (Fsp3) is 0.158. The summed E-state index contributed by atoms with van der Waals surface area (Å²) in [7, 11) is -2.24.